The molecule has 0 amide bonds. The van der Waals surface area contributed by atoms with Crippen molar-refractivity contribution in [3.8, 4) is 12.3 Å². The Morgan fingerprint density at radius 2 is 1.65 bits per heavy atom. The van der Waals surface area contributed by atoms with Crippen LogP contribution in [0.15, 0.2) is 24.5 Å². The fourth-order valence-corrected chi connectivity index (χ4v) is 1.19. The van der Waals surface area contributed by atoms with Crippen LogP contribution in [-0.2, 0) is 34.0 Å². The van der Waals surface area contributed by atoms with Crippen LogP contribution in [0.3, 0.4) is 0 Å². The zero-order chi connectivity index (χ0) is 15.1. The first-order valence-electron chi connectivity index (χ1n) is 5.99. The van der Waals surface area contributed by atoms with Gasteiger partial charge in [-0.05, 0) is 0 Å². The molecule has 4 nitrogen and oxygen atoms in total. The molecule has 0 fully saturated rings. The molecule has 0 N–H and O–H groups in total. The van der Waals surface area contributed by atoms with E-state index in [0.717, 1.165) is 6.08 Å². The van der Waals surface area contributed by atoms with Crippen LogP contribution in [0, 0.1) is 12.3 Å². The van der Waals surface area contributed by atoms with E-state index in [1.54, 1.807) is 0 Å². The summed E-state index contributed by atoms with van der Waals surface area (Å²) in [5.41, 5.74) is 0. The molecule has 0 aliphatic heterocycles. The fourth-order valence-electron chi connectivity index (χ4n) is 1.05. The molecule has 0 atom stereocenters. The molecule has 0 aromatic rings. The summed E-state index contributed by atoms with van der Waals surface area (Å²) in [5.74, 6) is 2.65. The molecule has 0 unspecified atom stereocenters. The second kappa shape index (κ2) is 14.4. The van der Waals surface area contributed by atoms with Gasteiger partial charge in [0.05, 0.1) is 0 Å². The van der Waals surface area contributed by atoms with E-state index < -0.39 is 4.74 Å². The molecule has 0 spiro atoms. The molecular weight excluding hydrogens is 310 g/mol. The minimum atomic E-state index is -0.707. The van der Waals surface area contributed by atoms with Crippen molar-refractivity contribution in [2.24, 2.45) is 0 Å². The van der Waals surface area contributed by atoms with Crippen LogP contribution in [0.5, 0.6) is 0 Å². The summed E-state index contributed by atoms with van der Waals surface area (Å²) >= 11 is 3.99. The van der Waals surface area contributed by atoms with Crippen LogP contribution in [0.1, 0.15) is 0 Å². The number of terminal acetylenes is 1. The third-order valence-electron chi connectivity index (χ3n) is 1.87. The van der Waals surface area contributed by atoms with E-state index >= 15 is 0 Å². The quantitative estimate of drug-likeness (QED) is 0.168. The molecule has 0 aromatic heterocycles. The van der Waals surface area contributed by atoms with E-state index in [1.807, 2.05) is 0 Å². The van der Waals surface area contributed by atoms with E-state index in [9.17, 15) is 4.39 Å². The van der Waals surface area contributed by atoms with Crippen molar-refractivity contribution >= 4 is 4.74 Å². The summed E-state index contributed by atoms with van der Waals surface area (Å²) < 4.78 is 32.4. The summed E-state index contributed by atoms with van der Waals surface area (Å²) in [6.07, 6.45) is 7.50. The predicted molar refractivity (Wildman–Crippen MR) is 71.6 cm³/mol. The number of hydrogen-bond acceptors (Lipinski definition) is 4. The third-order valence-corrected chi connectivity index (χ3v) is 2.01. The number of rotatable bonds is 13. The molecule has 20 heavy (non-hydrogen) atoms. The van der Waals surface area contributed by atoms with Crippen molar-refractivity contribution in [2.45, 2.75) is 0 Å². The molecule has 116 valence electrons. The first-order valence-corrected chi connectivity index (χ1v) is 6.48. The average molecular weight is 329 g/mol. The summed E-state index contributed by atoms with van der Waals surface area (Å²) in [6, 6.07) is 0. The van der Waals surface area contributed by atoms with Crippen molar-refractivity contribution in [1.82, 2.24) is 0 Å². The minimum absolute atomic E-state index is 0.288. The van der Waals surface area contributed by atoms with Gasteiger partial charge in [-0.3, -0.25) is 0 Å². The molecule has 0 saturated heterocycles. The Morgan fingerprint density at radius 1 is 1.10 bits per heavy atom. The second-order valence-corrected chi connectivity index (χ2v) is 3.81. The van der Waals surface area contributed by atoms with Crippen molar-refractivity contribution < 1.29 is 38.4 Å². The van der Waals surface area contributed by atoms with Gasteiger partial charge in [-0.15, -0.1) is 6.42 Å². The van der Waals surface area contributed by atoms with Crippen molar-refractivity contribution in [3.63, 3.8) is 0 Å². The fraction of sp³-hybridized carbons (Fsp3) is 0.500. The van der Waals surface area contributed by atoms with Gasteiger partial charge in [-0.25, -0.2) is 0 Å². The standard InChI is InChI=1S/C14H19FO4.Ni/c1-3-7-16-8-9-17-10-11-18-12-13-19-14(4-2)5-6-15;/h1,4-5H,2,7-13H2;/b14-5+;. The molecule has 0 heterocycles. The zero-order valence-electron chi connectivity index (χ0n) is 11.2. The first-order chi connectivity index (χ1) is 9.70. The Morgan fingerprint density at radius 3 is 2.15 bits per heavy atom. The van der Waals surface area contributed by atoms with E-state index in [4.69, 9.17) is 25.4 Å². The van der Waals surface area contributed by atoms with Gasteiger partial charge in [0.2, 0.25) is 0 Å². The van der Waals surface area contributed by atoms with Gasteiger partial charge < -0.3 is 4.74 Å². The first kappa shape index (κ1) is 19.0. The van der Waals surface area contributed by atoms with Crippen LogP contribution in [0.4, 0.5) is 4.39 Å². The molecule has 0 aromatic carbocycles. The van der Waals surface area contributed by atoms with Crippen LogP contribution >= 0.6 is 0 Å². The number of halogens is 1. The maximum atomic E-state index is 12.4. The Kier molecular flexibility index (Phi) is 13.7. The van der Waals surface area contributed by atoms with E-state index in [-0.39, 0.29) is 6.61 Å². The maximum absolute atomic E-state index is 12.4. The Hall–Kier alpha value is -0.986. The second-order valence-electron chi connectivity index (χ2n) is 3.34. The van der Waals surface area contributed by atoms with Crippen molar-refractivity contribution in [2.75, 3.05) is 46.2 Å². The van der Waals surface area contributed by atoms with Crippen molar-refractivity contribution in [3.05, 3.63) is 24.5 Å². The van der Waals surface area contributed by atoms with Gasteiger partial charge in [-0.2, -0.15) is 0 Å². The molecule has 0 radical (unpaired) electrons. The van der Waals surface area contributed by atoms with Gasteiger partial charge in [0.15, 0.2) is 0 Å². The molecular formula is C14H19FNiO4. The van der Waals surface area contributed by atoms with E-state index in [2.05, 4.69) is 27.5 Å². The van der Waals surface area contributed by atoms with E-state index in [0.29, 0.717) is 45.4 Å². The Balaban J connectivity index is 3.34. The Bertz CT molecular complexity index is 350. The number of ether oxygens (including phenoxy) is 4. The van der Waals surface area contributed by atoms with Gasteiger partial charge in [0.1, 0.15) is 6.61 Å². The summed E-state index contributed by atoms with van der Waals surface area (Å²) in [4.78, 5) is 0. The zero-order valence-corrected chi connectivity index (χ0v) is 12.2. The average Bonchev–Trinajstić information content (AvgIpc) is 2.43. The van der Waals surface area contributed by atoms with Crippen LogP contribution in [0.25, 0.3) is 0 Å². The van der Waals surface area contributed by atoms with Gasteiger partial charge >= 0.3 is 103 Å². The molecule has 0 aliphatic carbocycles. The Labute approximate surface area is 126 Å². The summed E-state index contributed by atoms with van der Waals surface area (Å²) in [6.45, 7) is 6.26. The summed E-state index contributed by atoms with van der Waals surface area (Å²) in [7, 11) is 0. The van der Waals surface area contributed by atoms with Gasteiger partial charge in [-0.1, -0.05) is 5.92 Å². The van der Waals surface area contributed by atoms with Gasteiger partial charge in [0, 0.05) is 0 Å². The monoisotopic (exact) mass is 328 g/mol. The van der Waals surface area contributed by atoms with Crippen molar-refractivity contribution in [1.29, 1.82) is 0 Å². The van der Waals surface area contributed by atoms with Crippen LogP contribution in [0.2, 0.25) is 0 Å². The molecule has 0 rings (SSSR count). The molecule has 0 bridgehead atoms. The molecule has 6 heteroatoms. The number of hydrogen-bond donors (Lipinski definition) is 0. The molecule has 0 saturated carbocycles. The van der Waals surface area contributed by atoms with Crippen LogP contribution < -0.4 is 0 Å². The van der Waals surface area contributed by atoms with Crippen LogP contribution in [-0.4, -0.2) is 51.0 Å². The number of allylic oxidation sites excluding steroid dienone is 2. The SMILES string of the molecule is C#CCOCCOCCOCCO/C(C=C)=C/[C](F)=[Ni]. The van der Waals surface area contributed by atoms with E-state index in [1.165, 1.54) is 6.08 Å². The topological polar surface area (TPSA) is 36.9 Å². The van der Waals surface area contributed by atoms with Gasteiger partial charge in [0.25, 0.3) is 0 Å². The molecule has 0 aliphatic rings. The third kappa shape index (κ3) is 13.4. The predicted octanol–water partition coefficient (Wildman–Crippen LogP) is 1.40. The summed E-state index contributed by atoms with van der Waals surface area (Å²) in [5, 5.41) is 0. The normalized spacial score (nSPS) is 11.0.